The predicted octanol–water partition coefficient (Wildman–Crippen LogP) is 2.69. The van der Waals surface area contributed by atoms with Crippen molar-refractivity contribution in [1.29, 1.82) is 0 Å². The number of rotatable bonds is 11. The Labute approximate surface area is 106 Å². The molecule has 1 unspecified atom stereocenters. The maximum atomic E-state index is 11.3. The van der Waals surface area contributed by atoms with Gasteiger partial charge in [-0.3, -0.25) is 0 Å². The van der Waals surface area contributed by atoms with E-state index >= 15 is 0 Å². The minimum Gasteiger partial charge on any atom is -0.461 e. The Hall–Kier alpha value is -0.570. The summed E-state index contributed by atoms with van der Waals surface area (Å²) in [5.41, 5.74) is 3.74. The van der Waals surface area contributed by atoms with Crippen molar-refractivity contribution in [2.75, 3.05) is 6.61 Å². The minimum atomic E-state index is -0.191. The summed E-state index contributed by atoms with van der Waals surface area (Å²) in [4.78, 5) is 11.3. The zero-order valence-corrected chi connectivity index (χ0v) is 11.7. The summed E-state index contributed by atoms with van der Waals surface area (Å²) in [5.74, 6) is -0.143. The summed E-state index contributed by atoms with van der Waals surface area (Å²) in [6, 6.07) is -0.191. The van der Waals surface area contributed by atoms with Crippen LogP contribution in [0.15, 0.2) is 0 Å². The van der Waals surface area contributed by atoms with Gasteiger partial charge in [0.2, 0.25) is 0 Å². The fourth-order valence-corrected chi connectivity index (χ4v) is 1.69. The van der Waals surface area contributed by atoms with Crippen LogP contribution < -0.4 is 5.73 Å². The second kappa shape index (κ2) is 11.9. The molecule has 3 heteroatoms. The zero-order chi connectivity index (χ0) is 12.9. The molecule has 0 bridgehead atoms. The maximum Gasteiger partial charge on any atom is 0.364 e. The van der Waals surface area contributed by atoms with Crippen LogP contribution >= 0.6 is 0 Å². The average Bonchev–Trinajstić information content (AvgIpc) is 2.35. The van der Waals surface area contributed by atoms with Gasteiger partial charge in [0.15, 0.2) is 6.04 Å². The molecule has 0 radical (unpaired) electrons. The van der Waals surface area contributed by atoms with Gasteiger partial charge in [0, 0.05) is 6.42 Å². The van der Waals surface area contributed by atoms with E-state index in [0.29, 0.717) is 6.61 Å². The van der Waals surface area contributed by atoms with Gasteiger partial charge in [-0.25, -0.2) is 4.79 Å². The van der Waals surface area contributed by atoms with E-state index in [4.69, 9.17) is 4.74 Å². The predicted molar refractivity (Wildman–Crippen MR) is 70.5 cm³/mol. The van der Waals surface area contributed by atoms with Crippen LogP contribution in [-0.2, 0) is 9.53 Å². The van der Waals surface area contributed by atoms with Crippen LogP contribution in [0.25, 0.3) is 0 Å². The van der Waals surface area contributed by atoms with Gasteiger partial charge in [0.25, 0.3) is 0 Å². The topological polar surface area (TPSA) is 53.9 Å². The molecule has 0 heterocycles. The molecular formula is C14H30NO2+. The van der Waals surface area contributed by atoms with Crippen molar-refractivity contribution in [1.82, 2.24) is 0 Å². The lowest BCUT2D eigenvalue weighted by Gasteiger charge is -2.06. The molecule has 3 N–H and O–H groups in total. The summed E-state index contributed by atoms with van der Waals surface area (Å²) in [6.07, 6.45) is 10.9. The molecule has 17 heavy (non-hydrogen) atoms. The van der Waals surface area contributed by atoms with Gasteiger partial charge in [-0.15, -0.1) is 0 Å². The van der Waals surface area contributed by atoms with E-state index < -0.39 is 0 Å². The number of carbonyl (C=O) groups is 1. The number of hydrogen-bond acceptors (Lipinski definition) is 2. The SMILES string of the molecule is CCCCCCCCCCOC(=O)C([NH3+])CC. The van der Waals surface area contributed by atoms with E-state index in [1.165, 1.54) is 44.9 Å². The second-order valence-electron chi connectivity index (χ2n) is 4.75. The van der Waals surface area contributed by atoms with Gasteiger partial charge in [0.1, 0.15) is 0 Å². The highest BCUT2D eigenvalue weighted by Crippen LogP contribution is 2.08. The molecule has 0 fully saturated rings. The molecule has 1 atom stereocenters. The third-order valence-corrected chi connectivity index (χ3v) is 3.07. The van der Waals surface area contributed by atoms with Crippen LogP contribution in [0.3, 0.4) is 0 Å². The number of carbonyl (C=O) groups excluding carboxylic acids is 1. The molecule has 0 aliphatic carbocycles. The normalized spacial score (nSPS) is 12.4. The fraction of sp³-hybridized carbons (Fsp3) is 0.929. The number of hydrogen-bond donors (Lipinski definition) is 1. The standard InChI is InChI=1S/C14H29NO2/c1-3-5-6-7-8-9-10-11-12-17-14(16)13(15)4-2/h13H,3-12,15H2,1-2H3/p+1. The number of esters is 1. The molecule has 0 aromatic rings. The van der Waals surface area contributed by atoms with E-state index in [1.807, 2.05) is 6.92 Å². The van der Waals surface area contributed by atoms with Crippen LogP contribution in [0.2, 0.25) is 0 Å². The highest BCUT2D eigenvalue weighted by molar-refractivity contribution is 5.73. The van der Waals surface area contributed by atoms with Gasteiger partial charge < -0.3 is 10.5 Å². The average molecular weight is 244 g/mol. The van der Waals surface area contributed by atoms with Gasteiger partial charge in [-0.1, -0.05) is 58.8 Å². The minimum absolute atomic E-state index is 0.143. The van der Waals surface area contributed by atoms with E-state index in [0.717, 1.165) is 12.8 Å². The van der Waals surface area contributed by atoms with Gasteiger partial charge >= 0.3 is 5.97 Å². The molecule has 0 aromatic carbocycles. The summed E-state index contributed by atoms with van der Waals surface area (Å²) in [6.45, 7) is 4.76. The van der Waals surface area contributed by atoms with Gasteiger partial charge in [-0.2, -0.15) is 0 Å². The molecule has 0 spiro atoms. The number of quaternary nitrogens is 1. The molecular weight excluding hydrogens is 214 g/mol. The van der Waals surface area contributed by atoms with E-state index in [1.54, 1.807) is 0 Å². The first-order valence-corrected chi connectivity index (χ1v) is 7.22. The lowest BCUT2D eigenvalue weighted by Crippen LogP contribution is -2.65. The van der Waals surface area contributed by atoms with Crippen LogP contribution in [0, 0.1) is 0 Å². The third-order valence-electron chi connectivity index (χ3n) is 3.07. The molecule has 0 rings (SSSR count). The Bertz CT molecular complexity index is 183. The molecule has 0 saturated heterocycles. The monoisotopic (exact) mass is 244 g/mol. The van der Waals surface area contributed by atoms with Crippen LogP contribution in [0.1, 0.15) is 71.6 Å². The summed E-state index contributed by atoms with van der Waals surface area (Å²) >= 11 is 0. The van der Waals surface area contributed by atoms with Crippen LogP contribution in [0.5, 0.6) is 0 Å². The van der Waals surface area contributed by atoms with Crippen molar-refractivity contribution >= 4 is 5.97 Å². The highest BCUT2D eigenvalue weighted by Gasteiger charge is 2.15. The maximum absolute atomic E-state index is 11.3. The lowest BCUT2D eigenvalue weighted by atomic mass is 10.1. The van der Waals surface area contributed by atoms with Crippen molar-refractivity contribution < 1.29 is 15.3 Å². The number of unbranched alkanes of at least 4 members (excludes halogenated alkanes) is 7. The Morgan fingerprint density at radius 1 is 1.00 bits per heavy atom. The van der Waals surface area contributed by atoms with Crippen LogP contribution in [-0.4, -0.2) is 18.6 Å². The highest BCUT2D eigenvalue weighted by atomic mass is 16.5. The molecule has 0 aliphatic heterocycles. The van der Waals surface area contributed by atoms with Crippen molar-refractivity contribution in [2.45, 2.75) is 77.7 Å². The van der Waals surface area contributed by atoms with Crippen molar-refractivity contribution in [3.63, 3.8) is 0 Å². The van der Waals surface area contributed by atoms with Crippen molar-refractivity contribution in [3.05, 3.63) is 0 Å². The second-order valence-corrected chi connectivity index (χ2v) is 4.75. The third kappa shape index (κ3) is 10.3. The Kier molecular flexibility index (Phi) is 11.5. The fourth-order valence-electron chi connectivity index (χ4n) is 1.69. The summed E-state index contributed by atoms with van der Waals surface area (Å²) < 4.78 is 5.14. The van der Waals surface area contributed by atoms with E-state index in [2.05, 4.69) is 12.7 Å². The van der Waals surface area contributed by atoms with Crippen molar-refractivity contribution in [2.24, 2.45) is 0 Å². The lowest BCUT2D eigenvalue weighted by molar-refractivity contribution is -0.408. The molecule has 0 saturated carbocycles. The number of ether oxygens (including phenoxy) is 1. The van der Waals surface area contributed by atoms with E-state index in [-0.39, 0.29) is 12.0 Å². The quantitative estimate of drug-likeness (QED) is 0.449. The Morgan fingerprint density at radius 3 is 2.06 bits per heavy atom. The summed E-state index contributed by atoms with van der Waals surface area (Å²) in [7, 11) is 0. The Morgan fingerprint density at radius 2 is 1.53 bits per heavy atom. The molecule has 3 nitrogen and oxygen atoms in total. The van der Waals surface area contributed by atoms with Crippen molar-refractivity contribution in [3.8, 4) is 0 Å². The summed E-state index contributed by atoms with van der Waals surface area (Å²) in [5, 5.41) is 0. The van der Waals surface area contributed by atoms with E-state index in [9.17, 15) is 4.79 Å². The molecule has 0 aromatic heterocycles. The molecule has 0 amide bonds. The molecule has 102 valence electrons. The molecule has 0 aliphatic rings. The largest absolute Gasteiger partial charge is 0.461 e. The first kappa shape index (κ1) is 16.4. The first-order chi connectivity index (χ1) is 8.22. The zero-order valence-electron chi connectivity index (χ0n) is 11.7. The van der Waals surface area contributed by atoms with Gasteiger partial charge in [-0.05, 0) is 6.42 Å². The smallest absolute Gasteiger partial charge is 0.364 e. The van der Waals surface area contributed by atoms with Gasteiger partial charge in [0.05, 0.1) is 6.61 Å². The van der Waals surface area contributed by atoms with Crippen LogP contribution in [0.4, 0.5) is 0 Å². The first-order valence-electron chi connectivity index (χ1n) is 7.22. The Balaban J connectivity index is 3.16.